The van der Waals surface area contributed by atoms with Crippen molar-refractivity contribution >= 4 is 11.8 Å². The van der Waals surface area contributed by atoms with Crippen molar-refractivity contribution in [1.29, 1.82) is 0 Å². The maximum Gasteiger partial charge on any atom is 0.342 e. The Balaban J connectivity index is 1.44. The van der Waals surface area contributed by atoms with Gasteiger partial charge >= 0.3 is 5.97 Å². The number of nitrogens with zero attached hydrogens (tertiary/aromatic N) is 3. The molecule has 166 valence electrons. The van der Waals surface area contributed by atoms with Crippen molar-refractivity contribution in [1.82, 2.24) is 14.8 Å². The van der Waals surface area contributed by atoms with Crippen LogP contribution in [0.25, 0.3) is 11.3 Å². The van der Waals surface area contributed by atoms with E-state index >= 15 is 0 Å². The molecule has 0 unspecified atom stereocenters. The van der Waals surface area contributed by atoms with Gasteiger partial charge in [0, 0.05) is 25.5 Å². The highest BCUT2D eigenvalue weighted by atomic mass is 19.1. The van der Waals surface area contributed by atoms with E-state index < -0.39 is 11.9 Å². The zero-order valence-corrected chi connectivity index (χ0v) is 17.7. The molecule has 2 fully saturated rings. The van der Waals surface area contributed by atoms with Crippen molar-refractivity contribution < 1.29 is 18.7 Å². The molecule has 1 aliphatic heterocycles. The summed E-state index contributed by atoms with van der Waals surface area (Å²) in [4.78, 5) is 17.0. The summed E-state index contributed by atoms with van der Waals surface area (Å²) >= 11 is 0. The maximum absolute atomic E-state index is 15.0. The number of ether oxygens (including phenoxy) is 2. The highest BCUT2D eigenvalue weighted by Crippen LogP contribution is 2.31. The molecule has 0 radical (unpaired) electrons. The summed E-state index contributed by atoms with van der Waals surface area (Å²) in [7, 11) is 0. The van der Waals surface area contributed by atoms with Gasteiger partial charge in [-0.2, -0.15) is 9.49 Å². The molecule has 2 aromatic heterocycles. The second-order valence-electron chi connectivity index (χ2n) is 8.23. The lowest BCUT2D eigenvalue weighted by atomic mass is 10.1. The summed E-state index contributed by atoms with van der Waals surface area (Å²) in [5.74, 6) is -0.711. The highest BCUT2D eigenvalue weighted by molar-refractivity contribution is 5.96. The fourth-order valence-corrected chi connectivity index (χ4v) is 3.81. The van der Waals surface area contributed by atoms with Crippen LogP contribution >= 0.6 is 0 Å². The molecule has 7 nitrogen and oxygen atoms in total. The molecular weight excluding hydrogens is 411 g/mol. The Labute approximate surface area is 185 Å². The standard InChI is InChI=1S/C24H25FN4O3/c25-23-19(8-9-21(27-23)26-17-6-7-17)22-20(14-29(28-22)18-10-12-31-13-11-18)24(30)32-15-16-4-2-1-3-5-16/h1-5,8-9,14,17-18H,6-7,10-13,15H2,(H,26,27). The fourth-order valence-electron chi connectivity index (χ4n) is 3.81. The van der Waals surface area contributed by atoms with Crippen LogP contribution in [0.2, 0.25) is 0 Å². The molecule has 1 aromatic carbocycles. The lowest BCUT2D eigenvalue weighted by molar-refractivity contribution is 0.0472. The van der Waals surface area contributed by atoms with Crippen molar-refractivity contribution in [3.63, 3.8) is 0 Å². The molecule has 0 bridgehead atoms. The summed E-state index contributed by atoms with van der Waals surface area (Å²) in [5, 5.41) is 7.79. The monoisotopic (exact) mass is 436 g/mol. The number of carbonyl (C=O) groups is 1. The van der Waals surface area contributed by atoms with Gasteiger partial charge in [-0.25, -0.2) is 9.78 Å². The predicted molar refractivity (Wildman–Crippen MR) is 117 cm³/mol. The summed E-state index contributed by atoms with van der Waals surface area (Å²) in [5.41, 5.74) is 1.54. The van der Waals surface area contributed by atoms with E-state index in [1.807, 2.05) is 30.3 Å². The number of carbonyl (C=O) groups excluding carboxylic acids is 1. The van der Waals surface area contributed by atoms with Crippen LogP contribution in [0.5, 0.6) is 0 Å². The molecule has 32 heavy (non-hydrogen) atoms. The Hall–Kier alpha value is -3.26. The van der Waals surface area contributed by atoms with E-state index in [1.54, 1.807) is 23.0 Å². The summed E-state index contributed by atoms with van der Waals surface area (Å²) in [6.45, 7) is 1.39. The molecule has 2 aliphatic rings. The third-order valence-corrected chi connectivity index (χ3v) is 5.76. The van der Waals surface area contributed by atoms with E-state index in [2.05, 4.69) is 15.4 Å². The van der Waals surface area contributed by atoms with E-state index in [-0.39, 0.29) is 29.5 Å². The number of halogens is 1. The number of nitrogens with one attached hydrogen (secondary N) is 1. The van der Waals surface area contributed by atoms with Crippen molar-refractivity contribution in [2.75, 3.05) is 18.5 Å². The Morgan fingerprint density at radius 3 is 2.62 bits per heavy atom. The van der Waals surface area contributed by atoms with Crippen molar-refractivity contribution in [3.8, 4) is 11.3 Å². The molecule has 3 aromatic rings. The van der Waals surface area contributed by atoms with Crippen molar-refractivity contribution in [2.45, 2.75) is 44.4 Å². The number of benzene rings is 1. The van der Waals surface area contributed by atoms with Gasteiger partial charge in [0.25, 0.3) is 0 Å². The molecule has 3 heterocycles. The average Bonchev–Trinajstić information content (AvgIpc) is 3.53. The first-order valence-corrected chi connectivity index (χ1v) is 11.0. The van der Waals surface area contributed by atoms with Gasteiger partial charge in [0.2, 0.25) is 5.95 Å². The van der Waals surface area contributed by atoms with Crippen LogP contribution in [-0.2, 0) is 16.1 Å². The van der Waals surface area contributed by atoms with E-state index in [0.29, 0.717) is 25.1 Å². The first kappa shape index (κ1) is 20.6. The summed E-state index contributed by atoms with van der Waals surface area (Å²) < 4.78 is 27.7. The second-order valence-corrected chi connectivity index (χ2v) is 8.23. The van der Waals surface area contributed by atoms with Crippen molar-refractivity contribution in [3.05, 3.63) is 65.7 Å². The molecule has 1 N–H and O–H groups in total. The quantitative estimate of drug-likeness (QED) is 0.438. The largest absolute Gasteiger partial charge is 0.457 e. The Kier molecular flexibility index (Phi) is 5.85. The molecule has 0 spiro atoms. The number of pyridine rings is 1. The third-order valence-electron chi connectivity index (χ3n) is 5.76. The normalized spacial score (nSPS) is 16.7. The Bertz CT molecular complexity index is 1090. The molecule has 0 amide bonds. The van der Waals surface area contributed by atoms with Crippen LogP contribution < -0.4 is 5.32 Å². The van der Waals surface area contributed by atoms with E-state index in [9.17, 15) is 9.18 Å². The summed E-state index contributed by atoms with van der Waals surface area (Å²) in [6, 6.07) is 13.2. The predicted octanol–water partition coefficient (Wildman–Crippen LogP) is 4.37. The van der Waals surface area contributed by atoms with Gasteiger partial charge in [-0.15, -0.1) is 0 Å². The van der Waals surface area contributed by atoms with Crippen LogP contribution in [0, 0.1) is 5.95 Å². The van der Waals surface area contributed by atoms with Crippen LogP contribution in [0.3, 0.4) is 0 Å². The fraction of sp³-hybridized carbons (Fsp3) is 0.375. The minimum Gasteiger partial charge on any atom is -0.457 e. The molecule has 8 heteroatoms. The first-order valence-electron chi connectivity index (χ1n) is 11.0. The minimum atomic E-state index is -0.662. The van der Waals surface area contributed by atoms with Crippen LogP contribution in [-0.4, -0.2) is 40.0 Å². The smallest absolute Gasteiger partial charge is 0.342 e. The zero-order valence-electron chi connectivity index (χ0n) is 17.7. The number of hydrogen-bond donors (Lipinski definition) is 1. The van der Waals surface area contributed by atoms with Crippen molar-refractivity contribution in [2.24, 2.45) is 0 Å². The van der Waals surface area contributed by atoms with Crippen LogP contribution in [0.15, 0.2) is 48.7 Å². The SMILES string of the molecule is O=C(OCc1ccccc1)c1cn(C2CCOCC2)nc1-c1ccc(NC2CC2)nc1F. The molecule has 1 saturated heterocycles. The zero-order chi connectivity index (χ0) is 21.9. The van der Waals surface area contributed by atoms with Crippen LogP contribution in [0.1, 0.15) is 47.6 Å². The van der Waals surface area contributed by atoms with Crippen LogP contribution in [0.4, 0.5) is 10.2 Å². The van der Waals surface area contributed by atoms with Gasteiger partial charge in [0.05, 0.1) is 11.6 Å². The number of esters is 1. The Morgan fingerprint density at radius 1 is 1.12 bits per heavy atom. The number of anilines is 1. The minimum absolute atomic E-state index is 0.0880. The molecular formula is C24H25FN4O3. The van der Waals surface area contributed by atoms with Gasteiger partial charge < -0.3 is 14.8 Å². The molecule has 1 saturated carbocycles. The van der Waals surface area contributed by atoms with E-state index in [4.69, 9.17) is 9.47 Å². The average molecular weight is 436 g/mol. The lowest BCUT2D eigenvalue weighted by Crippen LogP contribution is -2.20. The van der Waals surface area contributed by atoms with Gasteiger partial charge in [0.15, 0.2) is 0 Å². The van der Waals surface area contributed by atoms with Gasteiger partial charge in [-0.05, 0) is 43.4 Å². The maximum atomic E-state index is 15.0. The Morgan fingerprint density at radius 2 is 1.91 bits per heavy atom. The lowest BCUT2D eigenvalue weighted by Gasteiger charge is -2.22. The highest BCUT2D eigenvalue weighted by Gasteiger charge is 2.27. The van der Waals surface area contributed by atoms with E-state index in [0.717, 1.165) is 31.2 Å². The number of aromatic nitrogens is 3. The van der Waals surface area contributed by atoms with E-state index in [1.165, 1.54) is 0 Å². The third kappa shape index (κ3) is 4.65. The van der Waals surface area contributed by atoms with Gasteiger partial charge in [0.1, 0.15) is 23.7 Å². The number of hydrogen-bond acceptors (Lipinski definition) is 6. The topological polar surface area (TPSA) is 78.3 Å². The first-order chi connectivity index (χ1) is 15.7. The summed E-state index contributed by atoms with van der Waals surface area (Å²) in [6.07, 6.45) is 5.36. The number of rotatable bonds is 7. The molecule has 0 atom stereocenters. The molecule has 1 aliphatic carbocycles. The van der Waals surface area contributed by atoms with Gasteiger partial charge in [-0.3, -0.25) is 4.68 Å². The molecule has 5 rings (SSSR count). The van der Waals surface area contributed by atoms with Gasteiger partial charge in [-0.1, -0.05) is 30.3 Å². The second kappa shape index (κ2) is 9.08.